The summed E-state index contributed by atoms with van der Waals surface area (Å²) in [5, 5.41) is 0. The van der Waals surface area contributed by atoms with Gasteiger partial charge in [0.25, 0.3) is 0 Å². The molecule has 4 aromatic carbocycles. The van der Waals surface area contributed by atoms with Gasteiger partial charge in [0, 0.05) is 11.6 Å². The van der Waals surface area contributed by atoms with Crippen LogP contribution in [0.15, 0.2) is 84.9 Å². The Labute approximate surface area is 231 Å². The standard InChI is InChI=1S/C33H36O6/c1-34-29-21-31(39-23-26-14-9-6-10-15-26)33(37-4)32(36-3)27(29)17-11-16-24-18-19-28(30(20-24)35-2)38-22-25-12-7-5-8-13-25/h5-10,12-15,18-21H,11,16-17,22-23H2,1-4H3. The number of benzene rings is 4. The summed E-state index contributed by atoms with van der Waals surface area (Å²) >= 11 is 0. The van der Waals surface area contributed by atoms with E-state index in [4.69, 9.17) is 28.4 Å². The Balaban J connectivity index is 1.45. The van der Waals surface area contributed by atoms with E-state index in [1.807, 2.05) is 78.9 Å². The predicted octanol–water partition coefficient (Wildman–Crippen LogP) is 7.05. The molecule has 0 radical (unpaired) electrons. The molecule has 0 fully saturated rings. The van der Waals surface area contributed by atoms with Crippen molar-refractivity contribution in [3.05, 3.63) is 107 Å². The lowest BCUT2D eigenvalue weighted by molar-refractivity contribution is 0.271. The average Bonchev–Trinajstić information content (AvgIpc) is 2.99. The summed E-state index contributed by atoms with van der Waals surface area (Å²) in [6, 6.07) is 28.1. The molecule has 0 heterocycles. The lowest BCUT2D eigenvalue weighted by atomic mass is 10.0. The van der Waals surface area contributed by atoms with E-state index in [2.05, 4.69) is 6.07 Å². The summed E-state index contributed by atoms with van der Waals surface area (Å²) in [4.78, 5) is 0. The van der Waals surface area contributed by atoms with Crippen LogP contribution in [-0.4, -0.2) is 28.4 Å². The lowest BCUT2D eigenvalue weighted by Crippen LogP contribution is -2.04. The lowest BCUT2D eigenvalue weighted by Gasteiger charge is -2.20. The molecule has 0 aliphatic heterocycles. The number of rotatable bonds is 14. The van der Waals surface area contributed by atoms with E-state index in [-0.39, 0.29) is 0 Å². The van der Waals surface area contributed by atoms with Gasteiger partial charge in [-0.3, -0.25) is 0 Å². The molecular weight excluding hydrogens is 492 g/mol. The fraction of sp³-hybridized carbons (Fsp3) is 0.273. The zero-order valence-corrected chi connectivity index (χ0v) is 23.1. The molecule has 39 heavy (non-hydrogen) atoms. The number of hydrogen-bond acceptors (Lipinski definition) is 6. The number of hydrogen-bond donors (Lipinski definition) is 0. The number of ether oxygens (including phenoxy) is 6. The van der Waals surface area contributed by atoms with Gasteiger partial charge in [0.2, 0.25) is 5.75 Å². The largest absolute Gasteiger partial charge is 0.496 e. The second-order valence-electron chi connectivity index (χ2n) is 9.01. The highest BCUT2D eigenvalue weighted by Gasteiger charge is 2.22. The van der Waals surface area contributed by atoms with Crippen LogP contribution in [-0.2, 0) is 26.1 Å². The van der Waals surface area contributed by atoms with Crippen LogP contribution in [0, 0.1) is 0 Å². The van der Waals surface area contributed by atoms with E-state index < -0.39 is 0 Å². The predicted molar refractivity (Wildman–Crippen MR) is 153 cm³/mol. The van der Waals surface area contributed by atoms with Crippen molar-refractivity contribution in [3.63, 3.8) is 0 Å². The zero-order valence-electron chi connectivity index (χ0n) is 23.1. The molecule has 0 atom stereocenters. The van der Waals surface area contributed by atoms with Crippen molar-refractivity contribution in [2.75, 3.05) is 28.4 Å². The highest BCUT2D eigenvalue weighted by Crippen LogP contribution is 2.46. The molecule has 6 nitrogen and oxygen atoms in total. The maximum absolute atomic E-state index is 6.10. The van der Waals surface area contributed by atoms with E-state index in [0.29, 0.717) is 36.2 Å². The second-order valence-corrected chi connectivity index (χ2v) is 9.01. The Bertz CT molecular complexity index is 1320. The molecular formula is C33H36O6. The van der Waals surface area contributed by atoms with Crippen LogP contribution in [0.25, 0.3) is 0 Å². The minimum atomic E-state index is 0.412. The fourth-order valence-corrected chi connectivity index (χ4v) is 4.49. The maximum Gasteiger partial charge on any atom is 0.203 e. The smallest absolute Gasteiger partial charge is 0.203 e. The Morgan fingerprint density at radius 1 is 0.462 bits per heavy atom. The molecule has 0 spiro atoms. The highest BCUT2D eigenvalue weighted by atomic mass is 16.5. The summed E-state index contributed by atoms with van der Waals surface area (Å²) in [5.41, 5.74) is 4.28. The van der Waals surface area contributed by atoms with Crippen LogP contribution in [0.2, 0.25) is 0 Å². The monoisotopic (exact) mass is 528 g/mol. The van der Waals surface area contributed by atoms with Crippen LogP contribution >= 0.6 is 0 Å². The summed E-state index contributed by atoms with van der Waals surface area (Å²) in [6.45, 7) is 0.902. The van der Waals surface area contributed by atoms with Crippen LogP contribution in [0.1, 0.15) is 28.7 Å². The molecule has 0 amide bonds. The van der Waals surface area contributed by atoms with Gasteiger partial charge in [-0.2, -0.15) is 0 Å². The minimum Gasteiger partial charge on any atom is -0.496 e. The fourth-order valence-electron chi connectivity index (χ4n) is 4.49. The van der Waals surface area contributed by atoms with Crippen molar-refractivity contribution < 1.29 is 28.4 Å². The molecule has 0 unspecified atom stereocenters. The van der Waals surface area contributed by atoms with Crippen LogP contribution < -0.4 is 28.4 Å². The van der Waals surface area contributed by atoms with Crippen molar-refractivity contribution in [1.29, 1.82) is 0 Å². The van der Waals surface area contributed by atoms with Crippen molar-refractivity contribution in [1.82, 2.24) is 0 Å². The van der Waals surface area contributed by atoms with Gasteiger partial charge in [0.1, 0.15) is 19.0 Å². The second kappa shape index (κ2) is 14.0. The molecule has 0 saturated heterocycles. The minimum absolute atomic E-state index is 0.412. The Morgan fingerprint density at radius 2 is 1.05 bits per heavy atom. The van der Waals surface area contributed by atoms with Crippen molar-refractivity contribution in [2.24, 2.45) is 0 Å². The van der Waals surface area contributed by atoms with Crippen LogP contribution in [0.5, 0.6) is 34.5 Å². The summed E-state index contributed by atoms with van der Waals surface area (Å²) in [7, 11) is 6.58. The van der Waals surface area contributed by atoms with Gasteiger partial charge in [0.15, 0.2) is 23.0 Å². The van der Waals surface area contributed by atoms with Crippen molar-refractivity contribution >= 4 is 0 Å². The molecule has 0 aliphatic carbocycles. The van der Waals surface area contributed by atoms with E-state index in [1.54, 1.807) is 28.4 Å². The molecule has 204 valence electrons. The van der Waals surface area contributed by atoms with E-state index in [0.717, 1.165) is 53.0 Å². The molecule has 0 aliphatic rings. The van der Waals surface area contributed by atoms with Crippen LogP contribution in [0.3, 0.4) is 0 Å². The molecule has 0 aromatic heterocycles. The van der Waals surface area contributed by atoms with Crippen LogP contribution in [0.4, 0.5) is 0 Å². The van der Waals surface area contributed by atoms with Gasteiger partial charge in [-0.05, 0) is 48.1 Å². The van der Waals surface area contributed by atoms with Crippen molar-refractivity contribution in [2.45, 2.75) is 32.5 Å². The quantitative estimate of drug-likeness (QED) is 0.175. The van der Waals surface area contributed by atoms with Gasteiger partial charge >= 0.3 is 0 Å². The highest BCUT2D eigenvalue weighted by molar-refractivity contribution is 5.62. The van der Waals surface area contributed by atoms with Gasteiger partial charge in [-0.25, -0.2) is 0 Å². The van der Waals surface area contributed by atoms with E-state index in [1.165, 1.54) is 0 Å². The first-order chi connectivity index (χ1) is 19.2. The molecule has 4 rings (SSSR count). The first kappa shape index (κ1) is 27.7. The van der Waals surface area contributed by atoms with Gasteiger partial charge in [-0.15, -0.1) is 0 Å². The molecule has 0 saturated carbocycles. The maximum atomic E-state index is 6.10. The molecule has 6 heteroatoms. The number of aryl methyl sites for hydroxylation is 1. The van der Waals surface area contributed by atoms with Gasteiger partial charge in [0.05, 0.1) is 28.4 Å². The van der Waals surface area contributed by atoms with Crippen molar-refractivity contribution in [3.8, 4) is 34.5 Å². The van der Waals surface area contributed by atoms with Gasteiger partial charge in [-0.1, -0.05) is 66.7 Å². The Morgan fingerprint density at radius 3 is 1.62 bits per heavy atom. The first-order valence-electron chi connectivity index (χ1n) is 13.0. The third kappa shape index (κ3) is 7.17. The summed E-state index contributed by atoms with van der Waals surface area (Å²) < 4.78 is 35.0. The Hall–Kier alpha value is -4.32. The van der Waals surface area contributed by atoms with E-state index in [9.17, 15) is 0 Å². The first-order valence-corrected chi connectivity index (χ1v) is 13.0. The summed E-state index contributed by atoms with van der Waals surface area (Å²) in [5.74, 6) is 3.92. The molecule has 0 N–H and O–H groups in total. The normalized spacial score (nSPS) is 10.6. The third-order valence-electron chi connectivity index (χ3n) is 6.49. The average molecular weight is 529 g/mol. The SMILES string of the molecule is COc1cc(CCCc2c(OC)cc(OCc3ccccc3)c(OC)c2OC)ccc1OCc1ccccc1. The third-order valence-corrected chi connectivity index (χ3v) is 6.49. The zero-order chi connectivity index (χ0) is 27.5. The molecule has 4 aromatic rings. The molecule has 0 bridgehead atoms. The summed E-state index contributed by atoms with van der Waals surface area (Å²) in [6.07, 6.45) is 2.44. The number of methoxy groups -OCH3 is 4. The Kier molecular flexibility index (Phi) is 9.95. The van der Waals surface area contributed by atoms with Gasteiger partial charge < -0.3 is 28.4 Å². The van der Waals surface area contributed by atoms with E-state index >= 15 is 0 Å². The topological polar surface area (TPSA) is 55.4 Å².